The maximum absolute atomic E-state index is 15.5. The van der Waals surface area contributed by atoms with Crippen molar-refractivity contribution < 1.29 is 22.7 Å². The normalized spacial score (nSPS) is 15.1. The predicted octanol–water partition coefficient (Wildman–Crippen LogP) is 4.86. The number of hydrogen-bond acceptors (Lipinski definition) is 6. The highest BCUT2D eigenvalue weighted by Crippen LogP contribution is 2.47. The van der Waals surface area contributed by atoms with Gasteiger partial charge in [-0.05, 0) is 51.7 Å². The minimum absolute atomic E-state index is 0.00883. The molecular formula is C30H36F3N5O3. The van der Waals surface area contributed by atoms with Gasteiger partial charge in [0, 0.05) is 38.4 Å². The van der Waals surface area contributed by atoms with Crippen molar-refractivity contribution in [1.82, 2.24) is 9.88 Å². The van der Waals surface area contributed by atoms with E-state index in [1.807, 2.05) is 4.90 Å². The van der Waals surface area contributed by atoms with Crippen LogP contribution in [0.4, 0.5) is 19.0 Å². The van der Waals surface area contributed by atoms with Crippen LogP contribution in [0.3, 0.4) is 0 Å². The number of nitrogens with zero attached hydrogens (tertiary/aromatic N) is 4. The number of halogens is 3. The molecule has 0 aliphatic heterocycles. The molecule has 1 atom stereocenters. The van der Waals surface area contributed by atoms with Crippen molar-refractivity contribution in [1.29, 1.82) is 5.26 Å². The molecule has 3 rings (SSSR count). The molecule has 1 heterocycles. The van der Waals surface area contributed by atoms with Crippen LogP contribution in [0.15, 0.2) is 46.7 Å². The number of allylic oxidation sites excluding steroid dienone is 1. The summed E-state index contributed by atoms with van der Waals surface area (Å²) in [7, 11) is 3.36. The molecule has 1 aromatic carbocycles. The van der Waals surface area contributed by atoms with Crippen LogP contribution >= 0.6 is 0 Å². The third-order valence-electron chi connectivity index (χ3n) is 7.26. The molecule has 1 fully saturated rings. The largest absolute Gasteiger partial charge is 0.375 e. The van der Waals surface area contributed by atoms with Gasteiger partial charge < -0.3 is 15.0 Å². The maximum atomic E-state index is 15.5. The first-order valence-electron chi connectivity index (χ1n) is 13.5. The number of aromatic nitrogens is 1. The number of carbonyl (C=O) groups excluding carboxylic acids is 1. The average Bonchev–Trinajstić information content (AvgIpc) is 3.74. The second-order valence-electron chi connectivity index (χ2n) is 10.2. The van der Waals surface area contributed by atoms with Crippen LogP contribution < -0.4 is 15.8 Å². The number of benzene rings is 1. The Morgan fingerprint density at radius 3 is 2.71 bits per heavy atom. The molecule has 0 radical (unpaired) electrons. The number of anilines is 1. The lowest BCUT2D eigenvalue weighted by Crippen LogP contribution is -2.36. The van der Waals surface area contributed by atoms with Crippen LogP contribution in [0, 0.1) is 17.1 Å². The molecule has 1 saturated carbocycles. The van der Waals surface area contributed by atoms with Crippen molar-refractivity contribution in [2.24, 2.45) is 12.0 Å². The molecule has 0 unspecified atom stereocenters. The average molecular weight is 572 g/mol. The number of unbranched alkanes of at least 4 members (excludes halogenated alkanes) is 1. The molecule has 0 bridgehead atoms. The maximum Gasteiger partial charge on any atom is 0.298 e. The Morgan fingerprint density at radius 1 is 1.41 bits per heavy atom. The number of amidine groups is 1. The Labute approximate surface area is 238 Å². The summed E-state index contributed by atoms with van der Waals surface area (Å²) >= 11 is 0. The van der Waals surface area contributed by atoms with Crippen LogP contribution in [0.25, 0.3) is 0 Å². The van der Waals surface area contributed by atoms with E-state index in [9.17, 15) is 23.6 Å². The summed E-state index contributed by atoms with van der Waals surface area (Å²) in [6, 6.07) is 6.46. The number of alkyl halides is 2. The third-order valence-corrected chi connectivity index (χ3v) is 7.26. The number of amides is 1. The topological polar surface area (TPSA) is 99.7 Å². The second-order valence-corrected chi connectivity index (χ2v) is 10.2. The van der Waals surface area contributed by atoms with Gasteiger partial charge in [0.2, 0.25) is 6.41 Å². The van der Waals surface area contributed by atoms with Gasteiger partial charge in [-0.25, -0.2) is 4.39 Å². The number of nitriles is 1. The fourth-order valence-electron chi connectivity index (χ4n) is 4.82. The van der Waals surface area contributed by atoms with E-state index in [1.54, 1.807) is 33.2 Å². The Morgan fingerprint density at radius 2 is 2.12 bits per heavy atom. The van der Waals surface area contributed by atoms with E-state index in [1.165, 1.54) is 23.6 Å². The highest BCUT2D eigenvalue weighted by Gasteiger charge is 2.48. The molecular weight excluding hydrogens is 535 g/mol. The van der Waals surface area contributed by atoms with Gasteiger partial charge in [0.05, 0.1) is 28.7 Å². The third kappa shape index (κ3) is 6.70. The van der Waals surface area contributed by atoms with E-state index >= 15 is 4.39 Å². The SMILES string of the molecule is C=CCCCN(C)c1c(C(=N[C@H](C)c2cccc(C(F)(F)COCC)c2F)NC=O)cc(C2(C#N)CC2)c(=O)n1C. The zero-order valence-electron chi connectivity index (χ0n) is 23.8. The predicted molar refractivity (Wildman–Crippen MR) is 152 cm³/mol. The molecule has 1 amide bonds. The smallest absolute Gasteiger partial charge is 0.298 e. The summed E-state index contributed by atoms with van der Waals surface area (Å²) in [5.74, 6) is -4.25. The van der Waals surface area contributed by atoms with Gasteiger partial charge in [0.15, 0.2) is 0 Å². The van der Waals surface area contributed by atoms with Crippen molar-refractivity contribution in [2.75, 3.05) is 31.7 Å². The van der Waals surface area contributed by atoms with Crippen molar-refractivity contribution in [2.45, 2.75) is 56.9 Å². The van der Waals surface area contributed by atoms with Crippen molar-refractivity contribution in [3.8, 4) is 6.07 Å². The van der Waals surface area contributed by atoms with Gasteiger partial charge in [-0.1, -0.05) is 18.2 Å². The Bertz CT molecular complexity index is 1410. The number of ether oxygens (including phenoxy) is 1. The van der Waals surface area contributed by atoms with Crippen molar-refractivity contribution in [3.63, 3.8) is 0 Å². The highest BCUT2D eigenvalue weighted by molar-refractivity contribution is 6.07. The summed E-state index contributed by atoms with van der Waals surface area (Å²) in [4.78, 5) is 31.5. The van der Waals surface area contributed by atoms with Crippen LogP contribution in [0.1, 0.15) is 67.8 Å². The van der Waals surface area contributed by atoms with Crippen LogP contribution in [-0.4, -0.2) is 43.6 Å². The monoisotopic (exact) mass is 571 g/mol. The number of pyridine rings is 1. The first-order chi connectivity index (χ1) is 19.5. The molecule has 1 N–H and O–H groups in total. The molecule has 0 saturated heterocycles. The molecule has 2 aromatic rings. The van der Waals surface area contributed by atoms with Gasteiger partial charge in [-0.15, -0.1) is 6.58 Å². The number of rotatable bonds is 14. The van der Waals surface area contributed by atoms with Crippen LogP contribution in [0.5, 0.6) is 0 Å². The minimum atomic E-state index is -3.56. The molecule has 41 heavy (non-hydrogen) atoms. The summed E-state index contributed by atoms with van der Waals surface area (Å²) in [6.07, 6.45) is 4.68. The van der Waals surface area contributed by atoms with Gasteiger partial charge in [-0.2, -0.15) is 14.0 Å². The van der Waals surface area contributed by atoms with E-state index in [2.05, 4.69) is 23.0 Å². The number of nitrogens with one attached hydrogen (secondary N) is 1. The zero-order chi connectivity index (χ0) is 30.4. The van der Waals surface area contributed by atoms with Crippen LogP contribution in [-0.2, 0) is 27.9 Å². The van der Waals surface area contributed by atoms with E-state index in [0.29, 0.717) is 37.2 Å². The van der Waals surface area contributed by atoms with Gasteiger partial charge in [0.25, 0.3) is 11.5 Å². The number of carbonyl (C=O) groups is 1. The highest BCUT2D eigenvalue weighted by atomic mass is 19.3. The summed E-state index contributed by atoms with van der Waals surface area (Å²) in [6.45, 7) is 6.44. The molecule has 1 aromatic heterocycles. The summed E-state index contributed by atoms with van der Waals surface area (Å²) in [5, 5.41) is 12.4. The van der Waals surface area contributed by atoms with Gasteiger partial charge in [0.1, 0.15) is 24.1 Å². The molecule has 8 nitrogen and oxygen atoms in total. The summed E-state index contributed by atoms with van der Waals surface area (Å²) < 4.78 is 51.2. The van der Waals surface area contributed by atoms with Crippen molar-refractivity contribution >= 4 is 18.1 Å². The van der Waals surface area contributed by atoms with E-state index in [-0.39, 0.29) is 29.1 Å². The molecule has 1 aliphatic carbocycles. The van der Waals surface area contributed by atoms with Gasteiger partial charge >= 0.3 is 0 Å². The van der Waals surface area contributed by atoms with E-state index in [0.717, 1.165) is 18.9 Å². The lowest BCUT2D eigenvalue weighted by atomic mass is 9.96. The first-order valence-corrected chi connectivity index (χ1v) is 13.5. The van der Waals surface area contributed by atoms with Crippen LogP contribution in [0.2, 0.25) is 0 Å². The lowest BCUT2D eigenvalue weighted by molar-refractivity contribution is -0.108. The Balaban J connectivity index is 2.19. The molecule has 1 aliphatic rings. The molecule has 0 spiro atoms. The number of hydrogen-bond donors (Lipinski definition) is 1. The zero-order valence-corrected chi connectivity index (χ0v) is 23.8. The quantitative estimate of drug-likeness (QED) is 0.115. The van der Waals surface area contributed by atoms with Gasteiger partial charge in [-0.3, -0.25) is 19.1 Å². The first kappa shape index (κ1) is 31.6. The lowest BCUT2D eigenvalue weighted by Gasteiger charge is -2.27. The standard InChI is InChI=1S/C30H36F3N5O3/c1-6-8-9-15-37(4)27-22(16-24(28(40)38(27)5)29(17-34)13-14-29)26(35-19-39)36-20(3)21-11-10-12-23(25(21)31)30(32,33)18-41-7-2/h6,10-12,16,19-20H,1,7-9,13-15,18H2,2-5H3,(H,35,36,39)/t20-/m1/s1. The minimum Gasteiger partial charge on any atom is -0.375 e. The number of aliphatic imine (C=N–C) groups is 1. The Hall–Kier alpha value is -3.91. The fourth-order valence-corrected chi connectivity index (χ4v) is 4.82. The summed E-state index contributed by atoms with van der Waals surface area (Å²) in [5.41, 5.74) is -1.57. The van der Waals surface area contributed by atoms with E-state index in [4.69, 9.17) is 4.74 Å². The van der Waals surface area contributed by atoms with Crippen molar-refractivity contribution in [3.05, 3.63) is 75.3 Å². The molecule has 11 heteroatoms. The fraction of sp³-hybridized carbons (Fsp3) is 0.467. The Kier molecular flexibility index (Phi) is 10.2. The van der Waals surface area contributed by atoms with E-state index < -0.39 is 35.4 Å². The second kappa shape index (κ2) is 13.2. The molecule has 220 valence electrons.